The van der Waals surface area contributed by atoms with Crippen molar-refractivity contribution in [1.82, 2.24) is 0 Å². The highest BCUT2D eigenvalue weighted by atomic mass is 31.2. The number of phosphoric acid groups is 2. The van der Waals surface area contributed by atoms with Crippen LogP contribution in [0.5, 0.6) is 0 Å². The standard InChI is InChI=1S/C8H20O8P2/c1-5-13-17(9,10)14-6-7-15-18(11,12)16-8(2,3)4/h5-7H2,1-4H3,(H,9,10)(H,11,12). The molecule has 18 heavy (non-hydrogen) atoms. The van der Waals surface area contributed by atoms with E-state index in [1.807, 2.05) is 0 Å². The third-order valence-corrected chi connectivity index (χ3v) is 3.65. The second kappa shape index (κ2) is 7.12. The molecule has 0 aromatic rings. The number of hydrogen-bond donors (Lipinski definition) is 2. The van der Waals surface area contributed by atoms with E-state index in [4.69, 9.17) is 9.42 Å². The fraction of sp³-hybridized carbons (Fsp3) is 1.00. The maximum Gasteiger partial charge on any atom is 0.472 e. The molecule has 110 valence electrons. The van der Waals surface area contributed by atoms with Gasteiger partial charge in [-0.15, -0.1) is 0 Å². The van der Waals surface area contributed by atoms with Crippen LogP contribution >= 0.6 is 15.6 Å². The van der Waals surface area contributed by atoms with Gasteiger partial charge in [0.1, 0.15) is 0 Å². The highest BCUT2D eigenvalue weighted by Gasteiger charge is 2.29. The molecule has 0 aliphatic rings. The lowest BCUT2D eigenvalue weighted by molar-refractivity contribution is 0.0515. The summed E-state index contributed by atoms with van der Waals surface area (Å²) in [5.41, 5.74) is -0.845. The summed E-state index contributed by atoms with van der Waals surface area (Å²) in [7, 11) is -8.31. The third kappa shape index (κ3) is 10.2. The molecule has 0 rings (SSSR count). The minimum Gasteiger partial charge on any atom is -0.302 e. The lowest BCUT2D eigenvalue weighted by Gasteiger charge is -2.22. The highest BCUT2D eigenvalue weighted by Crippen LogP contribution is 2.47. The predicted molar refractivity (Wildman–Crippen MR) is 64.0 cm³/mol. The summed E-state index contributed by atoms with van der Waals surface area (Å²) in [5, 5.41) is 0. The number of rotatable bonds is 8. The molecule has 0 aliphatic heterocycles. The molecule has 0 saturated carbocycles. The average molecular weight is 306 g/mol. The molecule has 0 spiro atoms. The van der Waals surface area contributed by atoms with Gasteiger partial charge in [-0.25, -0.2) is 9.13 Å². The van der Waals surface area contributed by atoms with Crippen LogP contribution in [0.1, 0.15) is 27.7 Å². The first-order chi connectivity index (χ1) is 7.97. The van der Waals surface area contributed by atoms with Crippen LogP contribution in [0.2, 0.25) is 0 Å². The van der Waals surface area contributed by atoms with Gasteiger partial charge in [-0.3, -0.25) is 18.1 Å². The van der Waals surface area contributed by atoms with Crippen LogP contribution in [0.25, 0.3) is 0 Å². The van der Waals surface area contributed by atoms with Crippen LogP contribution in [-0.4, -0.2) is 35.2 Å². The van der Waals surface area contributed by atoms with E-state index in [1.165, 1.54) is 6.92 Å². The van der Waals surface area contributed by atoms with Crippen LogP contribution in [-0.2, 0) is 27.2 Å². The van der Waals surface area contributed by atoms with E-state index in [2.05, 4.69) is 13.6 Å². The van der Waals surface area contributed by atoms with Crippen LogP contribution in [0.4, 0.5) is 0 Å². The molecule has 0 aromatic carbocycles. The van der Waals surface area contributed by atoms with E-state index in [0.717, 1.165) is 0 Å². The molecule has 0 bridgehead atoms. The molecule has 0 heterocycles. The molecule has 0 amide bonds. The summed E-state index contributed by atoms with van der Waals surface area (Å²) in [6.07, 6.45) is 0. The van der Waals surface area contributed by atoms with Gasteiger partial charge < -0.3 is 9.79 Å². The molecule has 2 N–H and O–H groups in total. The van der Waals surface area contributed by atoms with Crippen LogP contribution in [0, 0.1) is 0 Å². The molecule has 2 unspecified atom stereocenters. The first kappa shape index (κ1) is 18.2. The molecule has 0 aromatic heterocycles. The van der Waals surface area contributed by atoms with Crippen molar-refractivity contribution in [3.05, 3.63) is 0 Å². The second-order valence-corrected chi connectivity index (χ2v) is 7.06. The first-order valence-corrected chi connectivity index (χ1v) is 8.26. The lowest BCUT2D eigenvalue weighted by atomic mass is 10.2. The molecule has 0 saturated heterocycles. The van der Waals surface area contributed by atoms with Gasteiger partial charge in [0.15, 0.2) is 0 Å². The van der Waals surface area contributed by atoms with E-state index in [9.17, 15) is 14.0 Å². The van der Waals surface area contributed by atoms with Gasteiger partial charge in [0.05, 0.1) is 25.4 Å². The minimum absolute atomic E-state index is 0.0142. The Kier molecular flexibility index (Phi) is 7.21. The van der Waals surface area contributed by atoms with E-state index >= 15 is 0 Å². The molecule has 0 radical (unpaired) electrons. The Morgan fingerprint density at radius 2 is 1.39 bits per heavy atom. The van der Waals surface area contributed by atoms with Gasteiger partial charge >= 0.3 is 15.6 Å². The van der Waals surface area contributed by atoms with Gasteiger partial charge in [0, 0.05) is 0 Å². The Balaban J connectivity index is 3.98. The quantitative estimate of drug-likeness (QED) is 0.518. The largest absolute Gasteiger partial charge is 0.472 e. The fourth-order valence-corrected chi connectivity index (χ4v) is 2.63. The zero-order chi connectivity index (χ0) is 14.4. The molecule has 8 nitrogen and oxygen atoms in total. The molecular formula is C8H20O8P2. The van der Waals surface area contributed by atoms with Gasteiger partial charge in [-0.1, -0.05) is 0 Å². The Morgan fingerprint density at radius 1 is 0.944 bits per heavy atom. The monoisotopic (exact) mass is 306 g/mol. The zero-order valence-corrected chi connectivity index (χ0v) is 12.6. The van der Waals surface area contributed by atoms with Crippen molar-refractivity contribution in [1.29, 1.82) is 0 Å². The molecule has 0 fully saturated rings. The highest BCUT2D eigenvalue weighted by molar-refractivity contribution is 7.47. The number of phosphoric ester groups is 2. The minimum atomic E-state index is -4.20. The second-order valence-electron chi connectivity index (χ2n) is 4.22. The Bertz CT molecular complexity index is 336. The lowest BCUT2D eigenvalue weighted by Crippen LogP contribution is -2.18. The Morgan fingerprint density at radius 3 is 1.78 bits per heavy atom. The third-order valence-electron chi connectivity index (χ3n) is 1.27. The first-order valence-electron chi connectivity index (χ1n) is 5.27. The summed E-state index contributed by atoms with van der Waals surface area (Å²) in [4.78, 5) is 18.3. The zero-order valence-electron chi connectivity index (χ0n) is 10.9. The predicted octanol–water partition coefficient (Wildman–Crippen LogP) is 2.07. The SMILES string of the molecule is CCOP(=O)(O)OCCOP(=O)(O)OC(C)(C)C. The van der Waals surface area contributed by atoms with Crippen molar-refractivity contribution >= 4 is 15.6 Å². The number of hydrogen-bond acceptors (Lipinski definition) is 6. The van der Waals surface area contributed by atoms with Gasteiger partial charge in [-0.2, -0.15) is 0 Å². The summed E-state index contributed by atoms with van der Waals surface area (Å²) in [6.45, 7) is 5.57. The van der Waals surface area contributed by atoms with E-state index in [0.29, 0.717) is 0 Å². The van der Waals surface area contributed by atoms with Crippen molar-refractivity contribution in [3.8, 4) is 0 Å². The molecule has 10 heteroatoms. The van der Waals surface area contributed by atoms with E-state index in [-0.39, 0.29) is 19.8 Å². The smallest absolute Gasteiger partial charge is 0.302 e. The maximum atomic E-state index is 11.4. The van der Waals surface area contributed by atoms with Crippen LogP contribution in [0.3, 0.4) is 0 Å². The normalized spacial score (nSPS) is 19.2. The van der Waals surface area contributed by atoms with Crippen LogP contribution < -0.4 is 0 Å². The summed E-state index contributed by atoms with van der Waals surface area (Å²) >= 11 is 0. The van der Waals surface area contributed by atoms with Crippen molar-refractivity contribution in [2.24, 2.45) is 0 Å². The van der Waals surface area contributed by atoms with Gasteiger partial charge in [0.25, 0.3) is 0 Å². The van der Waals surface area contributed by atoms with Crippen molar-refractivity contribution in [3.63, 3.8) is 0 Å². The van der Waals surface area contributed by atoms with Crippen molar-refractivity contribution < 1.29 is 37.0 Å². The van der Waals surface area contributed by atoms with Crippen molar-refractivity contribution in [2.75, 3.05) is 19.8 Å². The van der Waals surface area contributed by atoms with Gasteiger partial charge in [0.2, 0.25) is 0 Å². The van der Waals surface area contributed by atoms with Gasteiger partial charge in [-0.05, 0) is 27.7 Å². The van der Waals surface area contributed by atoms with Crippen LogP contribution in [0.15, 0.2) is 0 Å². The molecule has 0 aliphatic carbocycles. The topological polar surface area (TPSA) is 112 Å². The fourth-order valence-electron chi connectivity index (χ4n) is 0.878. The average Bonchev–Trinajstić information content (AvgIpc) is 2.08. The van der Waals surface area contributed by atoms with E-state index < -0.39 is 21.2 Å². The Hall–Kier alpha value is 0.220. The van der Waals surface area contributed by atoms with E-state index in [1.54, 1.807) is 20.8 Å². The molecule has 2 atom stereocenters. The summed E-state index contributed by atoms with van der Waals surface area (Å²) < 4.78 is 40.6. The summed E-state index contributed by atoms with van der Waals surface area (Å²) in [5.74, 6) is 0. The maximum absolute atomic E-state index is 11.4. The van der Waals surface area contributed by atoms with Crippen molar-refractivity contribution in [2.45, 2.75) is 33.3 Å². The Labute approximate surface area is 106 Å². The molecular weight excluding hydrogens is 286 g/mol. The summed E-state index contributed by atoms with van der Waals surface area (Å²) in [6, 6.07) is 0.